The maximum Gasteiger partial charge on any atom is 0.407 e. The Morgan fingerprint density at radius 1 is 1.57 bits per heavy atom. The molecule has 0 bridgehead atoms. The fraction of sp³-hybridized carbons (Fsp3) is 0.643. The first kappa shape index (κ1) is 15.8. The van der Waals surface area contributed by atoms with E-state index >= 15 is 0 Å². The molecule has 0 spiro atoms. The molecule has 1 aliphatic rings. The third kappa shape index (κ3) is 4.74. The number of nitrogens with zero attached hydrogens (tertiary/aromatic N) is 3. The smallest absolute Gasteiger partial charge is 0.407 e. The molecule has 1 aromatic rings. The molecule has 0 radical (unpaired) electrons. The highest BCUT2D eigenvalue weighted by molar-refractivity contribution is 6.28. The van der Waals surface area contributed by atoms with Crippen molar-refractivity contribution in [3.8, 4) is 0 Å². The van der Waals surface area contributed by atoms with Gasteiger partial charge in [0.2, 0.25) is 5.28 Å². The van der Waals surface area contributed by atoms with Crippen LogP contribution in [0.2, 0.25) is 5.28 Å². The molecule has 1 fully saturated rings. The van der Waals surface area contributed by atoms with E-state index in [0.29, 0.717) is 6.54 Å². The number of halogens is 1. The summed E-state index contributed by atoms with van der Waals surface area (Å²) in [7, 11) is 0. The second-order valence-electron chi connectivity index (χ2n) is 6.06. The van der Waals surface area contributed by atoms with Crippen LogP contribution in [0, 0.1) is 0 Å². The molecule has 0 saturated carbocycles. The van der Waals surface area contributed by atoms with Crippen LogP contribution in [0.3, 0.4) is 0 Å². The van der Waals surface area contributed by atoms with Gasteiger partial charge in [-0.25, -0.2) is 14.8 Å². The summed E-state index contributed by atoms with van der Waals surface area (Å²) in [5.41, 5.74) is -0.486. The summed E-state index contributed by atoms with van der Waals surface area (Å²) in [6.45, 7) is 6.95. The molecular formula is C14H21ClN4O2. The Bertz CT molecular complexity index is 504. The Labute approximate surface area is 129 Å². The molecule has 116 valence electrons. The third-order valence-corrected chi connectivity index (χ3v) is 3.35. The normalized spacial score (nSPS) is 18.7. The predicted molar refractivity (Wildman–Crippen MR) is 81.6 cm³/mol. The first-order chi connectivity index (χ1) is 9.85. The van der Waals surface area contributed by atoms with Gasteiger partial charge in [-0.05, 0) is 51.3 Å². The number of hydrogen-bond acceptors (Lipinski definition) is 5. The van der Waals surface area contributed by atoms with Crippen molar-refractivity contribution in [3.05, 3.63) is 17.5 Å². The fourth-order valence-corrected chi connectivity index (χ4v) is 2.49. The number of hydrogen-bond donors (Lipinski definition) is 1. The quantitative estimate of drug-likeness (QED) is 0.869. The molecule has 2 heterocycles. The number of anilines is 1. The van der Waals surface area contributed by atoms with Crippen LogP contribution in [-0.4, -0.2) is 40.8 Å². The molecule has 1 N–H and O–H groups in total. The van der Waals surface area contributed by atoms with Crippen molar-refractivity contribution in [2.75, 3.05) is 18.0 Å². The molecule has 1 atom stereocenters. The number of carbonyl (C=O) groups is 1. The number of aromatic nitrogens is 2. The highest BCUT2D eigenvalue weighted by Crippen LogP contribution is 2.23. The van der Waals surface area contributed by atoms with Gasteiger partial charge in [-0.15, -0.1) is 0 Å². The van der Waals surface area contributed by atoms with Gasteiger partial charge in [0.05, 0.1) is 0 Å². The van der Waals surface area contributed by atoms with Crippen molar-refractivity contribution in [1.82, 2.24) is 15.3 Å². The zero-order valence-corrected chi connectivity index (χ0v) is 13.4. The van der Waals surface area contributed by atoms with E-state index < -0.39 is 11.7 Å². The molecule has 1 aromatic heterocycles. The Morgan fingerprint density at radius 2 is 2.33 bits per heavy atom. The molecule has 0 unspecified atom stereocenters. The summed E-state index contributed by atoms with van der Waals surface area (Å²) in [6.07, 6.45) is 3.30. The van der Waals surface area contributed by atoms with E-state index in [1.54, 1.807) is 6.20 Å². The molecule has 1 amide bonds. The summed E-state index contributed by atoms with van der Waals surface area (Å²) < 4.78 is 5.24. The molecule has 1 saturated heterocycles. The van der Waals surface area contributed by atoms with Crippen LogP contribution >= 0.6 is 11.6 Å². The number of nitrogens with one attached hydrogen (secondary N) is 1. The maximum absolute atomic E-state index is 11.7. The van der Waals surface area contributed by atoms with Crippen LogP contribution in [0.4, 0.5) is 10.6 Å². The third-order valence-electron chi connectivity index (χ3n) is 3.16. The average molecular weight is 313 g/mol. The van der Waals surface area contributed by atoms with E-state index in [1.807, 2.05) is 26.8 Å². The fourth-order valence-electron chi connectivity index (χ4n) is 2.35. The highest BCUT2D eigenvalue weighted by Gasteiger charge is 2.27. The molecule has 21 heavy (non-hydrogen) atoms. The Kier molecular flexibility index (Phi) is 4.88. The van der Waals surface area contributed by atoms with E-state index in [2.05, 4.69) is 20.2 Å². The lowest BCUT2D eigenvalue weighted by Crippen LogP contribution is -2.42. The minimum atomic E-state index is -0.486. The number of alkyl carbamates (subject to hydrolysis) is 1. The average Bonchev–Trinajstić information content (AvgIpc) is 2.82. The van der Waals surface area contributed by atoms with Crippen LogP contribution < -0.4 is 10.2 Å². The summed E-state index contributed by atoms with van der Waals surface area (Å²) in [5.74, 6) is 0.795. The van der Waals surface area contributed by atoms with Gasteiger partial charge >= 0.3 is 6.09 Å². The monoisotopic (exact) mass is 312 g/mol. The van der Waals surface area contributed by atoms with Crippen molar-refractivity contribution in [2.24, 2.45) is 0 Å². The molecule has 0 aromatic carbocycles. The van der Waals surface area contributed by atoms with Crippen LogP contribution in [0.15, 0.2) is 12.3 Å². The zero-order chi connectivity index (χ0) is 15.5. The van der Waals surface area contributed by atoms with Crippen molar-refractivity contribution >= 4 is 23.5 Å². The summed E-state index contributed by atoms with van der Waals surface area (Å²) >= 11 is 5.83. The lowest BCUT2D eigenvalue weighted by molar-refractivity contribution is 0.0525. The second kappa shape index (κ2) is 6.47. The molecule has 0 aliphatic carbocycles. The van der Waals surface area contributed by atoms with E-state index in [4.69, 9.17) is 16.3 Å². The van der Waals surface area contributed by atoms with Gasteiger partial charge in [-0.1, -0.05) is 0 Å². The standard InChI is InChI=1S/C14H21ClN4O2/c1-14(2,3)21-13(20)17-9-10-5-4-8-19(10)11-6-7-16-12(15)18-11/h6-7,10H,4-5,8-9H2,1-3H3,(H,17,20)/t10-/m1/s1. The van der Waals surface area contributed by atoms with E-state index in [1.165, 1.54) is 0 Å². The molecule has 1 aliphatic heterocycles. The van der Waals surface area contributed by atoms with Crippen molar-refractivity contribution < 1.29 is 9.53 Å². The number of amides is 1. The number of rotatable bonds is 3. The van der Waals surface area contributed by atoms with Crippen LogP contribution in [0.1, 0.15) is 33.6 Å². The topological polar surface area (TPSA) is 67.3 Å². The number of ether oxygens (including phenoxy) is 1. The molecule has 6 nitrogen and oxygen atoms in total. The molecular weight excluding hydrogens is 292 g/mol. The Balaban J connectivity index is 1.92. The van der Waals surface area contributed by atoms with E-state index in [0.717, 1.165) is 25.2 Å². The first-order valence-electron chi connectivity index (χ1n) is 7.07. The van der Waals surface area contributed by atoms with Gasteiger partial charge in [0.15, 0.2) is 0 Å². The first-order valence-corrected chi connectivity index (χ1v) is 7.45. The van der Waals surface area contributed by atoms with Gasteiger partial charge in [-0.3, -0.25) is 0 Å². The summed E-state index contributed by atoms with van der Waals surface area (Å²) in [6, 6.07) is 2.03. The van der Waals surface area contributed by atoms with Crippen LogP contribution in [0.5, 0.6) is 0 Å². The minimum Gasteiger partial charge on any atom is -0.444 e. The van der Waals surface area contributed by atoms with Gasteiger partial charge in [0.1, 0.15) is 11.4 Å². The lowest BCUT2D eigenvalue weighted by Gasteiger charge is -2.26. The van der Waals surface area contributed by atoms with Crippen molar-refractivity contribution in [3.63, 3.8) is 0 Å². The molecule has 2 rings (SSSR count). The summed E-state index contributed by atoms with van der Waals surface area (Å²) in [5, 5.41) is 3.05. The van der Waals surface area contributed by atoms with Crippen molar-refractivity contribution in [1.29, 1.82) is 0 Å². The Morgan fingerprint density at radius 3 is 3.00 bits per heavy atom. The van der Waals surface area contributed by atoms with Gasteiger partial charge in [0, 0.05) is 25.3 Å². The largest absolute Gasteiger partial charge is 0.444 e. The van der Waals surface area contributed by atoms with E-state index in [9.17, 15) is 4.79 Å². The molecule has 7 heteroatoms. The second-order valence-corrected chi connectivity index (χ2v) is 6.39. The maximum atomic E-state index is 11.7. The Hall–Kier alpha value is -1.56. The van der Waals surface area contributed by atoms with Crippen LogP contribution in [0.25, 0.3) is 0 Å². The van der Waals surface area contributed by atoms with E-state index in [-0.39, 0.29) is 11.3 Å². The van der Waals surface area contributed by atoms with Gasteiger partial charge in [0.25, 0.3) is 0 Å². The lowest BCUT2D eigenvalue weighted by atomic mass is 10.2. The van der Waals surface area contributed by atoms with Gasteiger partial charge < -0.3 is 15.0 Å². The number of carbonyl (C=O) groups excluding carboxylic acids is 1. The minimum absolute atomic E-state index is 0.198. The zero-order valence-electron chi connectivity index (χ0n) is 12.6. The SMILES string of the molecule is CC(C)(C)OC(=O)NC[C@H]1CCCN1c1ccnc(Cl)n1. The van der Waals surface area contributed by atoms with Crippen LogP contribution in [-0.2, 0) is 4.74 Å². The summed E-state index contributed by atoms with van der Waals surface area (Å²) in [4.78, 5) is 22.0. The highest BCUT2D eigenvalue weighted by atomic mass is 35.5. The predicted octanol–water partition coefficient (Wildman–Crippen LogP) is 2.62. The van der Waals surface area contributed by atoms with Crippen molar-refractivity contribution in [2.45, 2.75) is 45.3 Å². The van der Waals surface area contributed by atoms with Gasteiger partial charge in [-0.2, -0.15) is 0 Å².